The van der Waals surface area contributed by atoms with Crippen LogP contribution in [0, 0.1) is 0 Å². The number of ether oxygens (including phenoxy) is 2. The van der Waals surface area contributed by atoms with Crippen molar-refractivity contribution < 1.29 is 23.0 Å². The Balaban J connectivity index is 0.00000512. The number of hydrogen-bond donors (Lipinski definition) is 3. The summed E-state index contributed by atoms with van der Waals surface area (Å²) >= 11 is 0. The first-order chi connectivity index (χ1) is 14.9. The van der Waals surface area contributed by atoms with E-state index in [0.717, 1.165) is 12.0 Å². The van der Waals surface area contributed by atoms with Crippen LogP contribution in [-0.2, 0) is 13.1 Å². The maximum Gasteiger partial charge on any atom is 0.387 e. The third-order valence-corrected chi connectivity index (χ3v) is 4.18. The van der Waals surface area contributed by atoms with Crippen LogP contribution >= 0.6 is 24.0 Å². The number of nitrogens with two attached hydrogens (primary N) is 1. The molecule has 0 unspecified atom stereocenters. The molecule has 0 fully saturated rings. The number of halogens is 3. The monoisotopic (exact) mass is 562 g/mol. The van der Waals surface area contributed by atoms with E-state index in [-0.39, 0.29) is 36.3 Å². The largest absolute Gasteiger partial charge is 0.493 e. The number of aliphatic imine (C=N–C) groups is 1. The summed E-state index contributed by atoms with van der Waals surface area (Å²) in [6, 6.07) is 11.7. The fourth-order valence-corrected chi connectivity index (χ4v) is 2.66. The highest BCUT2D eigenvalue weighted by Crippen LogP contribution is 2.26. The molecule has 0 saturated carbocycles. The summed E-state index contributed by atoms with van der Waals surface area (Å²) in [5, 5.41) is 6.22. The van der Waals surface area contributed by atoms with Gasteiger partial charge in [-0.05, 0) is 43.2 Å². The molecule has 176 valence electrons. The quantitative estimate of drug-likeness (QED) is 0.218. The molecule has 0 atom stereocenters. The summed E-state index contributed by atoms with van der Waals surface area (Å²) in [5.74, 6) is 0.545. The molecule has 0 spiro atoms. The van der Waals surface area contributed by atoms with Crippen LogP contribution in [-0.4, -0.2) is 31.6 Å². The van der Waals surface area contributed by atoms with E-state index in [0.29, 0.717) is 42.5 Å². The molecule has 0 aliphatic rings. The molecule has 2 rings (SSSR count). The average Bonchev–Trinajstić information content (AvgIpc) is 2.75. The number of carbonyl (C=O) groups is 1. The second kappa shape index (κ2) is 14.4. The molecule has 0 heterocycles. The molecule has 0 aromatic heterocycles. The van der Waals surface area contributed by atoms with Crippen molar-refractivity contribution in [2.45, 2.75) is 40.0 Å². The molecular weight excluding hydrogens is 533 g/mol. The van der Waals surface area contributed by atoms with Crippen LogP contribution in [0.1, 0.15) is 41.8 Å². The van der Waals surface area contributed by atoms with Gasteiger partial charge in [-0.3, -0.25) is 4.79 Å². The number of primary amides is 1. The van der Waals surface area contributed by atoms with Crippen molar-refractivity contribution in [3.05, 3.63) is 59.2 Å². The summed E-state index contributed by atoms with van der Waals surface area (Å²) in [6.45, 7) is 2.64. The summed E-state index contributed by atoms with van der Waals surface area (Å²) in [7, 11) is 0. The number of alkyl halides is 2. The van der Waals surface area contributed by atoms with Crippen LogP contribution in [0.5, 0.6) is 11.5 Å². The van der Waals surface area contributed by atoms with Gasteiger partial charge in [-0.25, -0.2) is 4.99 Å². The zero-order valence-corrected chi connectivity index (χ0v) is 20.4. The van der Waals surface area contributed by atoms with Crippen molar-refractivity contribution in [3.8, 4) is 11.5 Å². The SMILES string of the molecule is CCCOc1ccc(CNC(=NCc2ccc(C(N)=O)cc2)NCC)c(OC(F)F)c1.I. The zero-order valence-electron chi connectivity index (χ0n) is 18.1. The second-order valence-corrected chi connectivity index (χ2v) is 6.61. The van der Waals surface area contributed by atoms with Crippen molar-refractivity contribution >= 4 is 35.8 Å². The number of nitrogens with zero attached hydrogens (tertiary/aromatic N) is 1. The van der Waals surface area contributed by atoms with Gasteiger partial charge in [-0.15, -0.1) is 24.0 Å². The minimum atomic E-state index is -2.94. The Kier molecular flexibility index (Phi) is 12.4. The van der Waals surface area contributed by atoms with Gasteiger partial charge in [0.2, 0.25) is 5.91 Å². The third-order valence-electron chi connectivity index (χ3n) is 4.18. The molecule has 0 radical (unpaired) electrons. The van der Waals surface area contributed by atoms with Crippen molar-refractivity contribution in [3.63, 3.8) is 0 Å². The number of benzene rings is 2. The van der Waals surface area contributed by atoms with E-state index >= 15 is 0 Å². The lowest BCUT2D eigenvalue weighted by Gasteiger charge is -2.16. The minimum Gasteiger partial charge on any atom is -0.493 e. The topological polar surface area (TPSA) is 98.0 Å². The normalized spacial score (nSPS) is 11.0. The number of carbonyl (C=O) groups excluding carboxylic acids is 1. The fourth-order valence-electron chi connectivity index (χ4n) is 2.66. The number of nitrogens with one attached hydrogen (secondary N) is 2. The first-order valence-corrected chi connectivity index (χ1v) is 10.0. The summed E-state index contributed by atoms with van der Waals surface area (Å²) in [6.07, 6.45) is 0.808. The van der Waals surface area contributed by atoms with Crippen molar-refractivity contribution in [1.82, 2.24) is 10.6 Å². The van der Waals surface area contributed by atoms with Gasteiger partial charge in [0.15, 0.2) is 5.96 Å². The van der Waals surface area contributed by atoms with Crippen LogP contribution in [0.25, 0.3) is 0 Å². The lowest BCUT2D eigenvalue weighted by molar-refractivity contribution is -0.0505. The van der Waals surface area contributed by atoms with E-state index in [1.165, 1.54) is 6.07 Å². The fraction of sp³-hybridized carbons (Fsp3) is 0.364. The van der Waals surface area contributed by atoms with E-state index in [1.807, 2.05) is 13.8 Å². The van der Waals surface area contributed by atoms with Gasteiger partial charge in [0.05, 0.1) is 13.2 Å². The standard InChI is InChI=1S/C22H28F2N4O3.HI/c1-3-11-30-18-10-9-17(19(12-18)31-21(23)24)14-28-22(26-4-2)27-13-15-5-7-16(8-6-15)20(25)29;/h5-10,12,21H,3-4,11,13-14H2,1-2H3,(H2,25,29)(H2,26,27,28);1H. The number of guanidine groups is 1. The van der Waals surface area contributed by atoms with Gasteiger partial charge >= 0.3 is 6.61 Å². The highest BCUT2D eigenvalue weighted by Gasteiger charge is 2.12. The Labute approximate surface area is 203 Å². The van der Waals surface area contributed by atoms with Gasteiger partial charge in [0.25, 0.3) is 0 Å². The number of rotatable bonds is 11. The van der Waals surface area contributed by atoms with Gasteiger partial charge in [0.1, 0.15) is 11.5 Å². The van der Waals surface area contributed by atoms with Gasteiger partial charge in [0, 0.05) is 30.3 Å². The van der Waals surface area contributed by atoms with Crippen LogP contribution in [0.4, 0.5) is 8.78 Å². The van der Waals surface area contributed by atoms with E-state index < -0.39 is 12.5 Å². The van der Waals surface area contributed by atoms with Crippen LogP contribution in [0.15, 0.2) is 47.5 Å². The Morgan fingerprint density at radius 2 is 1.84 bits per heavy atom. The lowest BCUT2D eigenvalue weighted by Crippen LogP contribution is -2.36. The van der Waals surface area contributed by atoms with Crippen molar-refractivity contribution in [1.29, 1.82) is 0 Å². The van der Waals surface area contributed by atoms with E-state index in [4.69, 9.17) is 10.5 Å². The molecule has 0 saturated heterocycles. The molecule has 0 aliphatic carbocycles. The zero-order chi connectivity index (χ0) is 22.6. The predicted octanol–water partition coefficient (Wildman–Crippen LogP) is 4.05. The molecule has 0 bridgehead atoms. The third kappa shape index (κ3) is 9.25. The second-order valence-electron chi connectivity index (χ2n) is 6.61. The molecule has 2 aromatic rings. The Hall–Kier alpha value is -2.63. The van der Waals surface area contributed by atoms with Gasteiger partial charge in [-0.2, -0.15) is 8.78 Å². The van der Waals surface area contributed by atoms with Crippen LogP contribution in [0.3, 0.4) is 0 Å². The lowest BCUT2D eigenvalue weighted by atomic mass is 10.1. The maximum absolute atomic E-state index is 12.8. The van der Waals surface area contributed by atoms with Crippen molar-refractivity contribution in [2.75, 3.05) is 13.2 Å². The Morgan fingerprint density at radius 1 is 1.12 bits per heavy atom. The predicted molar refractivity (Wildman–Crippen MR) is 131 cm³/mol. The minimum absolute atomic E-state index is 0. The summed E-state index contributed by atoms with van der Waals surface area (Å²) in [5.41, 5.74) is 7.10. The molecular formula is C22H29F2IN4O3. The Morgan fingerprint density at radius 3 is 2.44 bits per heavy atom. The van der Waals surface area contributed by atoms with Gasteiger partial charge in [-0.1, -0.05) is 19.1 Å². The summed E-state index contributed by atoms with van der Waals surface area (Å²) in [4.78, 5) is 15.6. The highest BCUT2D eigenvalue weighted by molar-refractivity contribution is 14.0. The first kappa shape index (κ1) is 27.4. The summed E-state index contributed by atoms with van der Waals surface area (Å²) < 4.78 is 35.8. The first-order valence-electron chi connectivity index (χ1n) is 10.0. The smallest absolute Gasteiger partial charge is 0.387 e. The van der Waals surface area contributed by atoms with Crippen LogP contribution in [0.2, 0.25) is 0 Å². The molecule has 32 heavy (non-hydrogen) atoms. The molecule has 2 aromatic carbocycles. The average molecular weight is 562 g/mol. The highest BCUT2D eigenvalue weighted by atomic mass is 127. The Bertz CT molecular complexity index is 880. The van der Waals surface area contributed by atoms with Crippen molar-refractivity contribution in [2.24, 2.45) is 10.7 Å². The molecule has 4 N–H and O–H groups in total. The van der Waals surface area contributed by atoms with E-state index in [1.54, 1.807) is 36.4 Å². The molecule has 10 heteroatoms. The molecule has 7 nitrogen and oxygen atoms in total. The van der Waals surface area contributed by atoms with Crippen LogP contribution < -0.4 is 25.8 Å². The maximum atomic E-state index is 12.8. The van der Waals surface area contributed by atoms with Gasteiger partial charge < -0.3 is 25.8 Å². The molecule has 1 amide bonds. The molecule has 0 aliphatic heterocycles. The van der Waals surface area contributed by atoms with E-state index in [9.17, 15) is 13.6 Å². The number of amides is 1. The number of hydrogen-bond acceptors (Lipinski definition) is 4. The van der Waals surface area contributed by atoms with E-state index in [2.05, 4.69) is 20.4 Å².